The van der Waals surface area contributed by atoms with Gasteiger partial charge in [-0.05, 0) is 42.3 Å². The van der Waals surface area contributed by atoms with Crippen molar-refractivity contribution in [3.63, 3.8) is 0 Å². The highest BCUT2D eigenvalue weighted by atomic mass is 79.9. The third-order valence-corrected chi connectivity index (χ3v) is 3.90. The summed E-state index contributed by atoms with van der Waals surface area (Å²) in [6.07, 6.45) is 0. The zero-order valence-corrected chi connectivity index (χ0v) is 14.1. The van der Waals surface area contributed by atoms with Crippen LogP contribution in [-0.4, -0.2) is 14.2 Å². The Morgan fingerprint density at radius 2 is 1.81 bits per heavy atom. The summed E-state index contributed by atoms with van der Waals surface area (Å²) >= 11 is 3.49. The molecule has 0 amide bonds. The van der Waals surface area contributed by atoms with Gasteiger partial charge in [-0.1, -0.05) is 34.1 Å². The van der Waals surface area contributed by atoms with Gasteiger partial charge in [-0.25, -0.2) is 0 Å². The van der Waals surface area contributed by atoms with Crippen LogP contribution in [0.4, 0.5) is 0 Å². The molecule has 1 N–H and O–H groups in total. The molecule has 2 aromatic rings. The molecule has 3 nitrogen and oxygen atoms in total. The first-order chi connectivity index (χ1) is 10.1. The van der Waals surface area contributed by atoms with Crippen LogP contribution in [0.5, 0.6) is 11.5 Å². The van der Waals surface area contributed by atoms with E-state index < -0.39 is 0 Å². The van der Waals surface area contributed by atoms with Gasteiger partial charge < -0.3 is 14.8 Å². The number of hydrogen-bond acceptors (Lipinski definition) is 3. The van der Waals surface area contributed by atoms with Crippen molar-refractivity contribution in [2.45, 2.75) is 19.5 Å². The van der Waals surface area contributed by atoms with Crippen LogP contribution in [0.15, 0.2) is 46.9 Å². The summed E-state index contributed by atoms with van der Waals surface area (Å²) in [6, 6.07) is 14.5. The second-order valence-electron chi connectivity index (χ2n) is 4.85. The van der Waals surface area contributed by atoms with Gasteiger partial charge >= 0.3 is 0 Å². The summed E-state index contributed by atoms with van der Waals surface area (Å²) in [7, 11) is 3.30. The number of benzene rings is 2. The van der Waals surface area contributed by atoms with Crippen molar-refractivity contribution in [2.75, 3.05) is 14.2 Å². The van der Waals surface area contributed by atoms with E-state index in [2.05, 4.69) is 46.4 Å². The normalized spacial score (nSPS) is 12.0. The van der Waals surface area contributed by atoms with Gasteiger partial charge in [0, 0.05) is 17.1 Å². The topological polar surface area (TPSA) is 30.5 Å². The first kappa shape index (κ1) is 15.9. The van der Waals surface area contributed by atoms with Crippen molar-refractivity contribution in [3.8, 4) is 11.5 Å². The predicted molar refractivity (Wildman–Crippen MR) is 88.9 cm³/mol. The van der Waals surface area contributed by atoms with E-state index in [1.807, 2.05) is 24.3 Å². The molecular weight excluding hydrogens is 330 g/mol. The zero-order valence-electron chi connectivity index (χ0n) is 12.5. The highest BCUT2D eigenvalue weighted by Gasteiger charge is 2.10. The summed E-state index contributed by atoms with van der Waals surface area (Å²) in [5, 5.41) is 3.51. The molecular formula is C17H20BrNO2. The molecule has 0 radical (unpaired) electrons. The van der Waals surface area contributed by atoms with Gasteiger partial charge in [0.25, 0.3) is 0 Å². The lowest BCUT2D eigenvalue weighted by molar-refractivity contribution is 0.354. The van der Waals surface area contributed by atoms with Crippen molar-refractivity contribution in [2.24, 2.45) is 0 Å². The number of halogens is 1. The quantitative estimate of drug-likeness (QED) is 0.842. The summed E-state index contributed by atoms with van der Waals surface area (Å²) in [6.45, 7) is 2.95. The monoisotopic (exact) mass is 349 g/mol. The maximum Gasteiger partial charge on any atom is 0.161 e. The van der Waals surface area contributed by atoms with E-state index in [0.29, 0.717) is 0 Å². The van der Waals surface area contributed by atoms with Crippen LogP contribution in [0.1, 0.15) is 24.1 Å². The molecule has 0 heterocycles. The van der Waals surface area contributed by atoms with Crippen molar-refractivity contribution in [3.05, 3.63) is 58.1 Å². The number of nitrogens with one attached hydrogen (secondary N) is 1. The van der Waals surface area contributed by atoms with E-state index >= 15 is 0 Å². The second kappa shape index (κ2) is 7.48. The second-order valence-corrected chi connectivity index (χ2v) is 5.76. The average molecular weight is 350 g/mol. The van der Waals surface area contributed by atoms with E-state index in [1.54, 1.807) is 14.2 Å². The van der Waals surface area contributed by atoms with Crippen LogP contribution in [-0.2, 0) is 6.54 Å². The standard InChI is InChI=1S/C17H20BrNO2/c1-12(19-11-13-5-4-6-15(18)9-13)14-7-8-16(20-2)17(10-14)21-3/h4-10,12,19H,11H2,1-3H3. The highest BCUT2D eigenvalue weighted by molar-refractivity contribution is 9.10. The van der Waals surface area contributed by atoms with E-state index in [1.165, 1.54) is 11.1 Å². The SMILES string of the molecule is COc1ccc(C(C)NCc2cccc(Br)c2)cc1OC. The van der Waals surface area contributed by atoms with Gasteiger partial charge in [-0.3, -0.25) is 0 Å². The molecule has 0 saturated heterocycles. The Morgan fingerprint density at radius 3 is 2.48 bits per heavy atom. The molecule has 0 fully saturated rings. The lowest BCUT2D eigenvalue weighted by atomic mass is 10.1. The molecule has 4 heteroatoms. The number of methoxy groups -OCH3 is 2. The molecule has 0 aliphatic rings. The fourth-order valence-electron chi connectivity index (χ4n) is 2.16. The Hall–Kier alpha value is -1.52. The third-order valence-electron chi connectivity index (χ3n) is 3.41. The third kappa shape index (κ3) is 4.22. The van der Waals surface area contributed by atoms with Gasteiger partial charge in [0.05, 0.1) is 14.2 Å². The molecule has 0 aromatic heterocycles. The predicted octanol–water partition coefficient (Wildman–Crippen LogP) is 4.32. The summed E-state index contributed by atoms with van der Waals surface area (Å²) in [5.41, 5.74) is 2.42. The molecule has 0 aliphatic carbocycles. The van der Waals surface area contributed by atoms with Crippen molar-refractivity contribution >= 4 is 15.9 Å². The minimum absolute atomic E-state index is 0.226. The average Bonchev–Trinajstić information content (AvgIpc) is 2.52. The molecule has 2 aromatic carbocycles. The minimum Gasteiger partial charge on any atom is -0.493 e. The van der Waals surface area contributed by atoms with Crippen molar-refractivity contribution in [1.82, 2.24) is 5.32 Å². The Morgan fingerprint density at radius 1 is 1.05 bits per heavy atom. The largest absolute Gasteiger partial charge is 0.493 e. The van der Waals surface area contributed by atoms with Crippen LogP contribution in [0.25, 0.3) is 0 Å². The number of ether oxygens (including phenoxy) is 2. The molecule has 112 valence electrons. The first-order valence-corrected chi connectivity index (χ1v) is 7.63. The van der Waals surface area contributed by atoms with Gasteiger partial charge in [0.15, 0.2) is 11.5 Å². The van der Waals surface area contributed by atoms with Crippen molar-refractivity contribution in [1.29, 1.82) is 0 Å². The summed E-state index contributed by atoms with van der Waals surface area (Å²) < 4.78 is 11.7. The maximum atomic E-state index is 5.35. The summed E-state index contributed by atoms with van der Waals surface area (Å²) in [4.78, 5) is 0. The molecule has 0 spiro atoms. The van der Waals surface area contributed by atoms with E-state index in [9.17, 15) is 0 Å². The Balaban J connectivity index is 2.04. The molecule has 0 aliphatic heterocycles. The van der Waals surface area contributed by atoms with E-state index in [-0.39, 0.29) is 6.04 Å². The molecule has 21 heavy (non-hydrogen) atoms. The lowest BCUT2D eigenvalue weighted by Crippen LogP contribution is -2.18. The maximum absolute atomic E-state index is 5.35. The lowest BCUT2D eigenvalue weighted by Gasteiger charge is -2.16. The van der Waals surface area contributed by atoms with Gasteiger partial charge in [0.2, 0.25) is 0 Å². The van der Waals surface area contributed by atoms with Crippen LogP contribution in [0, 0.1) is 0 Å². The molecule has 1 atom stereocenters. The van der Waals surface area contributed by atoms with E-state index in [4.69, 9.17) is 9.47 Å². The van der Waals surface area contributed by atoms with Crippen LogP contribution in [0.3, 0.4) is 0 Å². The zero-order chi connectivity index (χ0) is 15.2. The Bertz CT molecular complexity index is 601. The Kier molecular flexibility index (Phi) is 5.65. The highest BCUT2D eigenvalue weighted by Crippen LogP contribution is 2.29. The van der Waals surface area contributed by atoms with Gasteiger partial charge in [0.1, 0.15) is 0 Å². The summed E-state index contributed by atoms with van der Waals surface area (Å²) in [5.74, 6) is 1.51. The van der Waals surface area contributed by atoms with E-state index in [0.717, 1.165) is 22.5 Å². The van der Waals surface area contributed by atoms with Gasteiger partial charge in [-0.2, -0.15) is 0 Å². The Labute approximate surface area is 134 Å². The fourth-order valence-corrected chi connectivity index (χ4v) is 2.60. The number of hydrogen-bond donors (Lipinski definition) is 1. The van der Waals surface area contributed by atoms with Crippen molar-refractivity contribution < 1.29 is 9.47 Å². The van der Waals surface area contributed by atoms with Crippen LogP contribution >= 0.6 is 15.9 Å². The first-order valence-electron chi connectivity index (χ1n) is 6.83. The van der Waals surface area contributed by atoms with Crippen LogP contribution < -0.4 is 14.8 Å². The minimum atomic E-state index is 0.226. The molecule has 2 rings (SSSR count). The molecule has 1 unspecified atom stereocenters. The number of rotatable bonds is 6. The molecule has 0 bridgehead atoms. The van der Waals surface area contributed by atoms with Crippen LogP contribution in [0.2, 0.25) is 0 Å². The van der Waals surface area contributed by atoms with Gasteiger partial charge in [-0.15, -0.1) is 0 Å². The smallest absolute Gasteiger partial charge is 0.161 e. The fraction of sp³-hybridized carbons (Fsp3) is 0.294. The molecule has 0 saturated carbocycles.